The van der Waals surface area contributed by atoms with Crippen LogP contribution in [0.1, 0.15) is 0 Å². The summed E-state index contributed by atoms with van der Waals surface area (Å²) in [4.78, 5) is 11.1. The van der Waals surface area contributed by atoms with Crippen LogP contribution in [0.25, 0.3) is 0 Å². The number of carbonyl (C=O) groups is 1. The molecular formula is C8H18O6P2. The van der Waals surface area contributed by atoms with Gasteiger partial charge in [0.15, 0.2) is 5.52 Å². The molecule has 0 heterocycles. The van der Waals surface area contributed by atoms with Crippen molar-refractivity contribution in [2.75, 3.05) is 13.3 Å². The number of hydrogen-bond acceptors (Lipinski definition) is 6. The van der Waals surface area contributed by atoms with Gasteiger partial charge in [0.25, 0.3) is 0 Å². The molecule has 6 nitrogen and oxygen atoms in total. The van der Waals surface area contributed by atoms with E-state index in [1.807, 2.05) is 0 Å². The highest BCUT2D eigenvalue weighted by atomic mass is 31.1. The zero-order chi connectivity index (χ0) is 12.9. The lowest BCUT2D eigenvalue weighted by atomic mass is 10.0. The van der Waals surface area contributed by atoms with Gasteiger partial charge in [-0.15, -0.1) is 0 Å². The lowest BCUT2D eigenvalue weighted by Crippen LogP contribution is -2.49. The van der Waals surface area contributed by atoms with E-state index in [2.05, 4.69) is 0 Å². The topological polar surface area (TPSA) is 118 Å². The van der Waals surface area contributed by atoms with Crippen molar-refractivity contribution in [3.05, 3.63) is 0 Å². The third kappa shape index (κ3) is 4.30. The van der Waals surface area contributed by atoms with E-state index in [1.54, 1.807) is 6.66 Å². The van der Waals surface area contributed by atoms with Crippen LogP contribution in [0.2, 0.25) is 0 Å². The van der Waals surface area contributed by atoms with E-state index in [0.29, 0.717) is 0 Å². The van der Waals surface area contributed by atoms with Gasteiger partial charge in [-0.05, 0) is 13.3 Å². The highest BCUT2D eigenvalue weighted by Crippen LogP contribution is 2.21. The molecule has 16 heavy (non-hydrogen) atoms. The molecule has 0 rings (SSSR count). The summed E-state index contributed by atoms with van der Waals surface area (Å²) in [5.41, 5.74) is -0.604. The number of aliphatic hydroxyl groups excluding tert-OH is 5. The van der Waals surface area contributed by atoms with Crippen molar-refractivity contribution >= 4 is 22.7 Å². The highest BCUT2D eigenvalue weighted by molar-refractivity contribution is 7.57. The van der Waals surface area contributed by atoms with Crippen LogP contribution in [0.3, 0.4) is 0 Å². The van der Waals surface area contributed by atoms with Crippen LogP contribution in [0.15, 0.2) is 0 Å². The lowest BCUT2D eigenvalue weighted by Gasteiger charge is -2.27. The smallest absolute Gasteiger partial charge is 0.182 e. The second-order valence-electron chi connectivity index (χ2n) is 3.26. The molecule has 0 spiro atoms. The zero-order valence-electron chi connectivity index (χ0n) is 9.03. The molecule has 0 aromatic heterocycles. The Bertz CT molecular complexity index is 227. The molecular weight excluding hydrogens is 254 g/mol. The highest BCUT2D eigenvalue weighted by Gasteiger charge is 2.36. The van der Waals surface area contributed by atoms with Crippen LogP contribution >= 0.6 is 17.2 Å². The van der Waals surface area contributed by atoms with E-state index in [1.165, 1.54) is 6.66 Å². The fraction of sp³-hybridized carbons (Fsp3) is 0.875. The van der Waals surface area contributed by atoms with E-state index in [4.69, 9.17) is 0 Å². The minimum absolute atomic E-state index is 0.0447. The van der Waals surface area contributed by atoms with Gasteiger partial charge < -0.3 is 25.5 Å². The first-order valence-electron chi connectivity index (χ1n) is 4.66. The van der Waals surface area contributed by atoms with E-state index in [0.717, 1.165) is 0 Å². The largest absolute Gasteiger partial charge is 0.387 e. The number of rotatable bonds is 7. The third-order valence-corrected chi connectivity index (χ3v) is 3.88. The molecule has 0 aromatic rings. The van der Waals surface area contributed by atoms with Crippen molar-refractivity contribution in [3.63, 3.8) is 0 Å². The minimum atomic E-state index is -1.79. The van der Waals surface area contributed by atoms with Crippen LogP contribution in [0, 0.1) is 0 Å². The Hall–Kier alpha value is 0.330. The van der Waals surface area contributed by atoms with Gasteiger partial charge in [0.1, 0.15) is 24.4 Å². The summed E-state index contributed by atoms with van der Waals surface area (Å²) in [6, 6.07) is 0. The molecule has 96 valence electrons. The Labute approximate surface area is 97.3 Å². The van der Waals surface area contributed by atoms with Gasteiger partial charge in [0.2, 0.25) is 0 Å². The van der Waals surface area contributed by atoms with E-state index in [9.17, 15) is 30.3 Å². The van der Waals surface area contributed by atoms with Crippen molar-refractivity contribution in [2.24, 2.45) is 0 Å². The van der Waals surface area contributed by atoms with Crippen LogP contribution in [-0.4, -0.2) is 74.6 Å². The summed E-state index contributed by atoms with van der Waals surface area (Å²) in [5.74, 6) is -1.18. The fourth-order valence-corrected chi connectivity index (χ4v) is 2.05. The van der Waals surface area contributed by atoms with Gasteiger partial charge in [-0.1, -0.05) is 17.2 Å². The second kappa shape index (κ2) is 7.62. The second-order valence-corrected chi connectivity index (χ2v) is 5.43. The predicted octanol–water partition coefficient (Wildman–Crippen LogP) is -2.11. The van der Waals surface area contributed by atoms with Crippen LogP contribution in [0.4, 0.5) is 0 Å². The summed E-state index contributed by atoms with van der Waals surface area (Å²) in [5, 5.41) is 46.8. The summed E-state index contributed by atoms with van der Waals surface area (Å²) in [7, 11) is -0.261. The normalized spacial score (nSPS) is 22.4. The molecule has 5 N–H and O–H groups in total. The summed E-state index contributed by atoms with van der Waals surface area (Å²) in [6.45, 7) is 3.14. The maximum atomic E-state index is 11.1. The van der Waals surface area contributed by atoms with Gasteiger partial charge in [0, 0.05) is 0 Å². The molecule has 8 heteroatoms. The maximum Gasteiger partial charge on any atom is 0.182 e. The molecule has 0 bridgehead atoms. The summed E-state index contributed by atoms with van der Waals surface area (Å²) < 4.78 is 0. The zero-order valence-corrected chi connectivity index (χ0v) is 11.0. The van der Waals surface area contributed by atoms with Crippen LogP contribution < -0.4 is 0 Å². The fourth-order valence-electron chi connectivity index (χ4n) is 1.05. The molecule has 0 aromatic carbocycles. The Morgan fingerprint density at radius 1 is 0.938 bits per heavy atom. The third-order valence-electron chi connectivity index (χ3n) is 2.16. The molecule has 0 aliphatic carbocycles. The van der Waals surface area contributed by atoms with Crippen molar-refractivity contribution < 1.29 is 30.3 Å². The summed E-state index contributed by atoms with van der Waals surface area (Å²) >= 11 is 0. The molecule has 0 radical (unpaired) electrons. The van der Waals surface area contributed by atoms with E-state index in [-0.39, 0.29) is 17.2 Å². The van der Waals surface area contributed by atoms with Crippen LogP contribution in [0.5, 0.6) is 0 Å². The quantitative estimate of drug-likeness (QED) is 0.339. The number of aliphatic hydroxyl groups is 5. The minimum Gasteiger partial charge on any atom is -0.387 e. The van der Waals surface area contributed by atoms with Gasteiger partial charge >= 0.3 is 0 Å². The molecule has 0 amide bonds. The van der Waals surface area contributed by atoms with Crippen molar-refractivity contribution in [2.45, 2.75) is 30.3 Å². The average Bonchev–Trinajstić information content (AvgIpc) is 2.32. The van der Waals surface area contributed by atoms with Crippen molar-refractivity contribution in [3.8, 4) is 0 Å². The standard InChI is InChI=1S/C8H18O6P2/c1-15-7(13)5(11)3(9)4(10)6(12)8(14)16-2/h3-7,9-13,15-16H,1-2H3/t3-,4-,5-,6+,7?/m0/s1. The van der Waals surface area contributed by atoms with Crippen molar-refractivity contribution in [1.82, 2.24) is 0 Å². The first kappa shape index (κ1) is 16.3. The predicted molar refractivity (Wildman–Crippen MR) is 63.5 cm³/mol. The van der Waals surface area contributed by atoms with E-state index >= 15 is 0 Å². The molecule has 0 aliphatic heterocycles. The molecule has 7 atom stereocenters. The Morgan fingerprint density at radius 3 is 1.81 bits per heavy atom. The summed E-state index contributed by atoms with van der Waals surface area (Å²) in [6.07, 6.45) is -6.86. The van der Waals surface area contributed by atoms with Gasteiger partial charge in [0.05, 0.1) is 5.85 Å². The van der Waals surface area contributed by atoms with Gasteiger partial charge in [-0.2, -0.15) is 0 Å². The monoisotopic (exact) mass is 272 g/mol. The van der Waals surface area contributed by atoms with Crippen molar-refractivity contribution in [1.29, 1.82) is 0 Å². The van der Waals surface area contributed by atoms with Crippen LogP contribution in [-0.2, 0) is 4.79 Å². The van der Waals surface area contributed by atoms with Gasteiger partial charge in [-0.3, -0.25) is 4.79 Å². The lowest BCUT2D eigenvalue weighted by molar-refractivity contribution is -0.141. The molecule has 0 fully saturated rings. The van der Waals surface area contributed by atoms with E-state index < -0.39 is 35.8 Å². The Kier molecular flexibility index (Phi) is 7.77. The molecule has 0 aliphatic rings. The number of hydrogen-bond donors (Lipinski definition) is 5. The number of carbonyl (C=O) groups excluding carboxylic acids is 1. The average molecular weight is 272 g/mol. The maximum absolute atomic E-state index is 11.1. The molecule has 3 unspecified atom stereocenters. The SMILES string of the molecule is CPC(=O)[C@H](O)[C@@H](O)[C@H](O)[C@H](O)C(O)PC. The Morgan fingerprint density at radius 2 is 1.44 bits per heavy atom. The first-order valence-corrected chi connectivity index (χ1v) is 7.73. The molecule has 0 saturated heterocycles. The van der Waals surface area contributed by atoms with Gasteiger partial charge in [-0.25, -0.2) is 0 Å². The Balaban J connectivity index is 4.47. The molecule has 0 saturated carbocycles. The first-order chi connectivity index (χ1) is 7.36.